The van der Waals surface area contributed by atoms with Crippen LogP contribution >= 0.6 is 11.8 Å². The number of amides is 2. The van der Waals surface area contributed by atoms with E-state index >= 15 is 0 Å². The zero-order chi connectivity index (χ0) is 21.6. The maximum atomic E-state index is 12.2. The molecule has 0 saturated carbocycles. The topological polar surface area (TPSA) is 86.9 Å². The lowest BCUT2D eigenvalue weighted by atomic mass is 10.1. The first kappa shape index (κ1) is 20.7. The Bertz CT molecular complexity index is 1250. The third-order valence-corrected chi connectivity index (χ3v) is 5.80. The number of para-hydroxylation sites is 2. The molecule has 0 bridgehead atoms. The fraction of sp³-hybridized carbons (Fsp3) is 0.125. The molecular weight excluding hydrogens is 408 g/mol. The van der Waals surface area contributed by atoms with Crippen molar-refractivity contribution in [2.45, 2.75) is 24.0 Å². The van der Waals surface area contributed by atoms with E-state index in [0.717, 1.165) is 28.0 Å². The van der Waals surface area contributed by atoms with E-state index in [4.69, 9.17) is 0 Å². The lowest BCUT2D eigenvalue weighted by molar-refractivity contribution is 0.262. The van der Waals surface area contributed by atoms with E-state index < -0.39 is 0 Å². The largest absolute Gasteiger partial charge is 0.323 e. The van der Waals surface area contributed by atoms with Crippen molar-refractivity contribution in [2.75, 3.05) is 10.6 Å². The van der Waals surface area contributed by atoms with Gasteiger partial charge in [-0.05, 0) is 60.5 Å². The van der Waals surface area contributed by atoms with E-state index in [1.807, 2.05) is 72.8 Å². The second-order valence-electron chi connectivity index (χ2n) is 6.97. The number of aromatic amines is 1. The molecule has 1 heterocycles. The summed E-state index contributed by atoms with van der Waals surface area (Å²) >= 11 is 1.52. The third kappa shape index (κ3) is 5.32. The van der Waals surface area contributed by atoms with Gasteiger partial charge in [0.25, 0.3) is 5.56 Å². The maximum Gasteiger partial charge on any atom is 0.323 e. The number of aryl methyl sites for hydroxylation is 1. The monoisotopic (exact) mass is 430 g/mol. The molecule has 4 rings (SSSR count). The van der Waals surface area contributed by atoms with Crippen LogP contribution in [-0.4, -0.2) is 16.0 Å². The number of benzene rings is 3. The number of nitrogens with one attached hydrogen (secondary N) is 3. The van der Waals surface area contributed by atoms with Gasteiger partial charge in [0.15, 0.2) is 0 Å². The smallest absolute Gasteiger partial charge is 0.319 e. The fourth-order valence-corrected chi connectivity index (χ4v) is 3.90. The standard InChI is InChI=1S/C24H22N4O2S/c1-2-16-7-9-17(10-8-16)25-24(30)26-18-11-13-19(14-12-18)31-15-22-23(29)28-21-6-4-3-5-20(21)27-22/h3-14H,2,15H2,1H3,(H,28,29)(H2,25,26,30). The highest BCUT2D eigenvalue weighted by Crippen LogP contribution is 2.23. The number of aromatic nitrogens is 2. The summed E-state index contributed by atoms with van der Waals surface area (Å²) in [5.74, 6) is 0.460. The molecule has 0 saturated heterocycles. The summed E-state index contributed by atoms with van der Waals surface area (Å²) in [4.78, 5) is 32.7. The number of nitrogens with zero attached hydrogens (tertiary/aromatic N) is 1. The highest BCUT2D eigenvalue weighted by Gasteiger charge is 2.07. The second kappa shape index (κ2) is 9.49. The number of carbonyl (C=O) groups excluding carboxylic acids is 1. The van der Waals surface area contributed by atoms with E-state index in [0.29, 0.717) is 17.1 Å². The van der Waals surface area contributed by atoms with Crippen molar-refractivity contribution in [2.24, 2.45) is 0 Å². The van der Waals surface area contributed by atoms with Gasteiger partial charge in [-0.25, -0.2) is 9.78 Å². The van der Waals surface area contributed by atoms with Gasteiger partial charge in [0, 0.05) is 22.0 Å². The van der Waals surface area contributed by atoms with Gasteiger partial charge in [-0.2, -0.15) is 0 Å². The predicted octanol–water partition coefficient (Wildman–Crippen LogP) is 5.42. The molecule has 0 radical (unpaired) electrons. The third-order valence-electron chi connectivity index (χ3n) is 4.78. The molecule has 156 valence electrons. The SMILES string of the molecule is CCc1ccc(NC(=O)Nc2ccc(SCc3nc4ccccc4[nH]c3=O)cc2)cc1. The van der Waals surface area contributed by atoms with Crippen molar-refractivity contribution in [3.63, 3.8) is 0 Å². The van der Waals surface area contributed by atoms with Crippen molar-refractivity contribution in [3.05, 3.63) is 94.4 Å². The molecule has 1 aromatic heterocycles. The average Bonchev–Trinajstić information content (AvgIpc) is 2.79. The summed E-state index contributed by atoms with van der Waals surface area (Å²) in [6.07, 6.45) is 0.960. The van der Waals surface area contributed by atoms with E-state index in [9.17, 15) is 9.59 Å². The van der Waals surface area contributed by atoms with Crippen LogP contribution in [0.4, 0.5) is 16.2 Å². The summed E-state index contributed by atoms with van der Waals surface area (Å²) in [5.41, 5.74) is 4.47. The van der Waals surface area contributed by atoms with Crippen molar-refractivity contribution in [1.82, 2.24) is 9.97 Å². The Morgan fingerprint density at radius 1 is 0.935 bits per heavy atom. The minimum Gasteiger partial charge on any atom is -0.319 e. The Balaban J connectivity index is 1.34. The molecule has 0 aliphatic rings. The van der Waals surface area contributed by atoms with Crippen LogP contribution in [0.1, 0.15) is 18.2 Å². The molecule has 0 aliphatic heterocycles. The molecule has 0 unspecified atom stereocenters. The number of thioether (sulfide) groups is 1. The quantitative estimate of drug-likeness (QED) is 0.356. The highest BCUT2D eigenvalue weighted by atomic mass is 32.2. The number of hydrogen-bond acceptors (Lipinski definition) is 4. The Kier molecular flexibility index (Phi) is 6.33. The Labute approximate surface area is 184 Å². The first-order valence-electron chi connectivity index (χ1n) is 9.98. The summed E-state index contributed by atoms with van der Waals surface area (Å²) in [7, 11) is 0. The number of fused-ring (bicyclic) bond motifs is 1. The minimum atomic E-state index is -0.295. The van der Waals surface area contributed by atoms with Gasteiger partial charge in [-0.3, -0.25) is 4.79 Å². The molecular formula is C24H22N4O2S. The van der Waals surface area contributed by atoms with Gasteiger partial charge in [-0.15, -0.1) is 11.8 Å². The lowest BCUT2D eigenvalue weighted by Crippen LogP contribution is -2.19. The van der Waals surface area contributed by atoms with Crippen LogP contribution in [0.5, 0.6) is 0 Å². The number of carbonyl (C=O) groups is 1. The molecule has 0 spiro atoms. The molecule has 6 nitrogen and oxygen atoms in total. The minimum absolute atomic E-state index is 0.173. The highest BCUT2D eigenvalue weighted by molar-refractivity contribution is 7.98. The van der Waals surface area contributed by atoms with Crippen LogP contribution in [0.15, 0.2) is 82.5 Å². The molecule has 0 aliphatic carbocycles. The Morgan fingerprint density at radius 2 is 1.58 bits per heavy atom. The summed E-state index contributed by atoms with van der Waals surface area (Å²) in [6.45, 7) is 2.09. The van der Waals surface area contributed by atoms with Crippen LogP contribution in [0.3, 0.4) is 0 Å². The van der Waals surface area contributed by atoms with Gasteiger partial charge in [0.2, 0.25) is 0 Å². The van der Waals surface area contributed by atoms with Crippen molar-refractivity contribution in [1.29, 1.82) is 0 Å². The number of hydrogen-bond donors (Lipinski definition) is 3. The zero-order valence-corrected chi connectivity index (χ0v) is 17.8. The van der Waals surface area contributed by atoms with Gasteiger partial charge < -0.3 is 15.6 Å². The Hall–Kier alpha value is -3.58. The van der Waals surface area contributed by atoms with Crippen molar-refractivity contribution >= 4 is 40.2 Å². The Morgan fingerprint density at radius 3 is 2.26 bits per heavy atom. The van der Waals surface area contributed by atoms with Gasteiger partial charge in [0.1, 0.15) is 5.69 Å². The van der Waals surface area contributed by atoms with Gasteiger partial charge >= 0.3 is 6.03 Å². The zero-order valence-electron chi connectivity index (χ0n) is 17.0. The van der Waals surface area contributed by atoms with E-state index in [-0.39, 0.29) is 11.6 Å². The molecule has 3 aromatic carbocycles. The van der Waals surface area contributed by atoms with E-state index in [2.05, 4.69) is 27.5 Å². The van der Waals surface area contributed by atoms with Gasteiger partial charge in [0.05, 0.1) is 11.0 Å². The lowest BCUT2D eigenvalue weighted by Gasteiger charge is -2.09. The number of rotatable bonds is 6. The van der Waals surface area contributed by atoms with E-state index in [1.54, 1.807) is 0 Å². The molecule has 4 aromatic rings. The van der Waals surface area contributed by atoms with Crippen LogP contribution in [-0.2, 0) is 12.2 Å². The van der Waals surface area contributed by atoms with Gasteiger partial charge in [-0.1, -0.05) is 31.2 Å². The number of H-pyrrole nitrogens is 1. The average molecular weight is 431 g/mol. The van der Waals surface area contributed by atoms with Crippen molar-refractivity contribution < 1.29 is 4.79 Å². The molecule has 7 heteroatoms. The summed E-state index contributed by atoms with van der Waals surface area (Å²) in [6, 6.07) is 22.4. The second-order valence-corrected chi connectivity index (χ2v) is 8.02. The summed E-state index contributed by atoms with van der Waals surface area (Å²) < 4.78 is 0. The predicted molar refractivity (Wildman–Crippen MR) is 127 cm³/mol. The fourth-order valence-electron chi connectivity index (χ4n) is 3.07. The number of anilines is 2. The molecule has 0 fully saturated rings. The van der Waals surface area contributed by atoms with Crippen LogP contribution in [0.2, 0.25) is 0 Å². The molecule has 31 heavy (non-hydrogen) atoms. The van der Waals surface area contributed by atoms with Crippen molar-refractivity contribution in [3.8, 4) is 0 Å². The maximum absolute atomic E-state index is 12.2. The first-order valence-corrected chi connectivity index (χ1v) is 11.0. The summed E-state index contributed by atoms with van der Waals surface area (Å²) in [5, 5.41) is 5.64. The molecule has 3 N–H and O–H groups in total. The molecule has 0 atom stereocenters. The van der Waals surface area contributed by atoms with Crippen LogP contribution < -0.4 is 16.2 Å². The van der Waals surface area contributed by atoms with Crippen LogP contribution in [0, 0.1) is 0 Å². The van der Waals surface area contributed by atoms with Crippen LogP contribution in [0.25, 0.3) is 11.0 Å². The number of urea groups is 1. The molecule has 2 amide bonds. The first-order chi connectivity index (χ1) is 15.1. The van der Waals surface area contributed by atoms with E-state index in [1.165, 1.54) is 17.3 Å². The normalized spacial score (nSPS) is 10.7.